The zero-order chi connectivity index (χ0) is 20.8. The van der Waals surface area contributed by atoms with E-state index in [0.717, 1.165) is 0 Å². The molecule has 0 heterocycles. The summed E-state index contributed by atoms with van der Waals surface area (Å²) in [6.07, 6.45) is -1.12. The van der Waals surface area contributed by atoms with Gasteiger partial charge in [-0.2, -0.15) is 8.78 Å². The Bertz CT molecular complexity index is 854. The van der Waals surface area contributed by atoms with E-state index < -0.39 is 24.5 Å². The molecule has 150 valence electrons. The fourth-order valence-corrected chi connectivity index (χ4v) is 2.64. The molecule has 2 aromatic rings. The van der Waals surface area contributed by atoms with Crippen LogP contribution >= 0.6 is 11.6 Å². The fraction of sp³-hybridized carbons (Fsp3) is 0.263. The van der Waals surface area contributed by atoms with Crippen molar-refractivity contribution in [2.24, 2.45) is 0 Å². The summed E-state index contributed by atoms with van der Waals surface area (Å²) in [5.74, 6) is -0.896. The Kier molecular flexibility index (Phi) is 7.17. The number of ketones is 1. The Balaban J connectivity index is 2.11. The van der Waals surface area contributed by atoms with Crippen molar-refractivity contribution < 1.29 is 37.3 Å². The summed E-state index contributed by atoms with van der Waals surface area (Å²) in [6.45, 7) is -1.57. The van der Waals surface area contributed by atoms with Gasteiger partial charge in [-0.05, 0) is 43.3 Å². The number of carbonyl (C=O) groups excluding carboxylic acids is 2. The molecular weight excluding hydrogens is 398 g/mol. The molecule has 1 atom stereocenters. The van der Waals surface area contributed by atoms with E-state index in [2.05, 4.69) is 4.74 Å². The van der Waals surface area contributed by atoms with Crippen molar-refractivity contribution >= 4 is 23.4 Å². The molecule has 0 N–H and O–H groups in total. The van der Waals surface area contributed by atoms with Gasteiger partial charge in [0, 0.05) is 5.56 Å². The molecule has 0 radical (unpaired) electrons. The van der Waals surface area contributed by atoms with Gasteiger partial charge in [-0.15, -0.1) is 0 Å². The molecule has 0 aliphatic rings. The monoisotopic (exact) mass is 414 g/mol. The number of carbonyl (C=O) groups is 2. The minimum Gasteiger partial charge on any atom is -0.493 e. The lowest BCUT2D eigenvalue weighted by atomic mass is 10.1. The van der Waals surface area contributed by atoms with Gasteiger partial charge in [0.2, 0.25) is 5.78 Å². The van der Waals surface area contributed by atoms with Crippen LogP contribution in [-0.4, -0.2) is 38.7 Å². The minimum atomic E-state index is -2.96. The van der Waals surface area contributed by atoms with Crippen LogP contribution in [0, 0.1) is 0 Å². The second-order valence-corrected chi connectivity index (χ2v) is 5.92. The molecule has 0 saturated heterocycles. The first-order valence-electron chi connectivity index (χ1n) is 7.98. The average molecular weight is 415 g/mol. The second-order valence-electron chi connectivity index (χ2n) is 5.51. The van der Waals surface area contributed by atoms with Crippen molar-refractivity contribution in [3.8, 4) is 17.2 Å². The number of ether oxygens (including phenoxy) is 4. The number of halogens is 3. The molecular formula is C19H17ClF2O6. The van der Waals surface area contributed by atoms with Crippen molar-refractivity contribution in [2.45, 2.75) is 19.6 Å². The predicted molar refractivity (Wildman–Crippen MR) is 96.8 cm³/mol. The lowest BCUT2D eigenvalue weighted by Crippen LogP contribution is -2.24. The van der Waals surface area contributed by atoms with Crippen LogP contribution in [0.15, 0.2) is 36.4 Å². The maximum absolute atomic E-state index is 12.4. The van der Waals surface area contributed by atoms with Crippen molar-refractivity contribution in [2.75, 3.05) is 14.2 Å². The summed E-state index contributed by atoms with van der Waals surface area (Å²) in [4.78, 5) is 24.8. The minimum absolute atomic E-state index is 0.0722. The molecule has 0 bridgehead atoms. The summed E-state index contributed by atoms with van der Waals surface area (Å²) < 4.78 is 44.0. The number of benzene rings is 2. The Morgan fingerprint density at radius 3 is 2.18 bits per heavy atom. The number of hydrogen-bond acceptors (Lipinski definition) is 6. The number of alkyl halides is 2. The standard InChI is InChI=1S/C19H17ClF2O6/c1-10(16(23)11-4-6-13(7-5-11)28-19(21)22)27-18(24)12-8-14(20)17(26-3)15(9-12)25-2/h4-10,19H,1-3H3/t10-/m1/s1. The summed E-state index contributed by atoms with van der Waals surface area (Å²) in [5, 5.41) is 0.141. The summed E-state index contributed by atoms with van der Waals surface area (Å²) in [6, 6.07) is 7.76. The maximum Gasteiger partial charge on any atom is 0.387 e. The zero-order valence-electron chi connectivity index (χ0n) is 15.2. The topological polar surface area (TPSA) is 71.1 Å². The van der Waals surface area contributed by atoms with E-state index in [4.69, 9.17) is 25.8 Å². The number of Topliss-reactive ketones (excluding diaryl/α,β-unsaturated/α-hetero) is 1. The van der Waals surface area contributed by atoms with Crippen LogP contribution in [0.4, 0.5) is 8.78 Å². The van der Waals surface area contributed by atoms with Crippen LogP contribution in [0.1, 0.15) is 27.6 Å². The van der Waals surface area contributed by atoms with Crippen LogP contribution in [0.5, 0.6) is 17.2 Å². The largest absolute Gasteiger partial charge is 0.493 e. The highest BCUT2D eigenvalue weighted by Gasteiger charge is 2.22. The zero-order valence-corrected chi connectivity index (χ0v) is 16.0. The first kappa shape index (κ1) is 21.4. The third-order valence-corrected chi connectivity index (χ3v) is 3.97. The normalized spacial score (nSPS) is 11.7. The lowest BCUT2D eigenvalue weighted by molar-refractivity contribution is -0.0498. The smallest absolute Gasteiger partial charge is 0.387 e. The van der Waals surface area contributed by atoms with Crippen molar-refractivity contribution in [3.63, 3.8) is 0 Å². The predicted octanol–water partition coefficient (Wildman–Crippen LogP) is 4.39. The Hall–Kier alpha value is -2.87. The number of hydrogen-bond donors (Lipinski definition) is 0. The molecule has 0 amide bonds. The van der Waals surface area contributed by atoms with E-state index in [1.807, 2.05) is 0 Å². The van der Waals surface area contributed by atoms with Gasteiger partial charge < -0.3 is 18.9 Å². The third kappa shape index (κ3) is 5.10. The van der Waals surface area contributed by atoms with E-state index in [1.54, 1.807) is 0 Å². The molecule has 0 aliphatic carbocycles. The quantitative estimate of drug-likeness (QED) is 0.471. The van der Waals surface area contributed by atoms with E-state index in [1.165, 1.54) is 57.5 Å². The highest BCUT2D eigenvalue weighted by Crippen LogP contribution is 2.36. The van der Waals surface area contributed by atoms with Gasteiger partial charge in [0.05, 0.1) is 24.8 Å². The molecule has 0 saturated carbocycles. The SMILES string of the molecule is COc1cc(C(=O)O[C@H](C)C(=O)c2ccc(OC(F)F)cc2)cc(Cl)c1OC. The van der Waals surface area contributed by atoms with Crippen LogP contribution in [0.2, 0.25) is 5.02 Å². The summed E-state index contributed by atoms with van der Waals surface area (Å²) in [5.41, 5.74) is 0.246. The van der Waals surface area contributed by atoms with Gasteiger partial charge in [-0.3, -0.25) is 4.79 Å². The van der Waals surface area contributed by atoms with Gasteiger partial charge in [0.1, 0.15) is 5.75 Å². The van der Waals surface area contributed by atoms with Crippen LogP contribution in [-0.2, 0) is 4.74 Å². The molecule has 0 aromatic heterocycles. The molecule has 2 aromatic carbocycles. The number of esters is 1. The number of rotatable bonds is 8. The van der Waals surface area contributed by atoms with Crippen molar-refractivity contribution in [1.29, 1.82) is 0 Å². The molecule has 0 unspecified atom stereocenters. The van der Waals surface area contributed by atoms with Gasteiger partial charge in [-0.25, -0.2) is 4.79 Å². The Labute approximate surface area is 164 Å². The first-order chi connectivity index (χ1) is 13.3. The number of methoxy groups -OCH3 is 2. The van der Waals surface area contributed by atoms with E-state index >= 15 is 0 Å². The molecule has 6 nitrogen and oxygen atoms in total. The van der Waals surface area contributed by atoms with Crippen LogP contribution in [0.3, 0.4) is 0 Å². The molecule has 2 rings (SSSR count). The Morgan fingerprint density at radius 2 is 1.64 bits per heavy atom. The van der Waals surface area contributed by atoms with E-state index in [0.29, 0.717) is 0 Å². The molecule has 28 heavy (non-hydrogen) atoms. The van der Waals surface area contributed by atoms with E-state index in [-0.39, 0.29) is 33.4 Å². The van der Waals surface area contributed by atoms with E-state index in [9.17, 15) is 18.4 Å². The third-order valence-electron chi connectivity index (χ3n) is 3.69. The van der Waals surface area contributed by atoms with Gasteiger partial charge in [-0.1, -0.05) is 11.6 Å². The Morgan fingerprint density at radius 1 is 1.00 bits per heavy atom. The van der Waals surface area contributed by atoms with Gasteiger partial charge >= 0.3 is 12.6 Å². The fourth-order valence-electron chi connectivity index (χ4n) is 2.35. The molecule has 9 heteroatoms. The van der Waals surface area contributed by atoms with Gasteiger partial charge in [0.15, 0.2) is 17.6 Å². The summed E-state index contributed by atoms with van der Waals surface area (Å²) in [7, 11) is 2.79. The average Bonchev–Trinajstić information content (AvgIpc) is 2.66. The second kappa shape index (κ2) is 9.36. The highest BCUT2D eigenvalue weighted by atomic mass is 35.5. The van der Waals surface area contributed by atoms with Crippen molar-refractivity contribution in [1.82, 2.24) is 0 Å². The first-order valence-corrected chi connectivity index (χ1v) is 8.36. The lowest BCUT2D eigenvalue weighted by Gasteiger charge is -2.15. The van der Waals surface area contributed by atoms with Crippen molar-refractivity contribution in [3.05, 3.63) is 52.5 Å². The summed E-state index contributed by atoms with van der Waals surface area (Å²) >= 11 is 6.06. The van der Waals surface area contributed by atoms with Crippen LogP contribution in [0.25, 0.3) is 0 Å². The maximum atomic E-state index is 12.4. The molecule has 0 fully saturated rings. The molecule has 0 spiro atoms. The van der Waals surface area contributed by atoms with Gasteiger partial charge in [0.25, 0.3) is 0 Å². The van der Waals surface area contributed by atoms with Crippen LogP contribution < -0.4 is 14.2 Å². The highest BCUT2D eigenvalue weighted by molar-refractivity contribution is 6.32. The molecule has 0 aliphatic heterocycles.